The monoisotopic (exact) mass is 309 g/mol. The quantitative estimate of drug-likeness (QED) is 0.748. The number of carboxylic acids is 1. The fraction of sp³-hybridized carbons (Fsp3) is 0.533. The van der Waals surface area contributed by atoms with Crippen molar-refractivity contribution < 1.29 is 19.5 Å². The van der Waals surface area contributed by atoms with E-state index in [0.29, 0.717) is 4.88 Å². The van der Waals surface area contributed by atoms with Gasteiger partial charge in [-0.05, 0) is 24.3 Å². The zero-order chi connectivity index (χ0) is 15.4. The van der Waals surface area contributed by atoms with Gasteiger partial charge >= 0.3 is 5.97 Å². The van der Waals surface area contributed by atoms with Crippen molar-refractivity contribution in [1.82, 2.24) is 4.90 Å². The Morgan fingerprint density at radius 1 is 1.38 bits per heavy atom. The highest BCUT2D eigenvalue weighted by Crippen LogP contribution is 2.28. The van der Waals surface area contributed by atoms with Crippen molar-refractivity contribution in [2.45, 2.75) is 38.6 Å². The van der Waals surface area contributed by atoms with Crippen molar-refractivity contribution in [2.24, 2.45) is 5.92 Å². The third-order valence-electron chi connectivity index (χ3n) is 3.56. The minimum Gasteiger partial charge on any atom is -0.481 e. The van der Waals surface area contributed by atoms with Gasteiger partial charge in [-0.2, -0.15) is 0 Å². The summed E-state index contributed by atoms with van der Waals surface area (Å²) in [5, 5.41) is 10.8. The maximum atomic E-state index is 12.2. The second kappa shape index (κ2) is 6.85. The summed E-state index contributed by atoms with van der Waals surface area (Å²) in [6.07, 6.45) is 2.19. The van der Waals surface area contributed by atoms with Crippen molar-refractivity contribution in [1.29, 1.82) is 0 Å². The Labute approximate surface area is 127 Å². The van der Waals surface area contributed by atoms with Crippen LogP contribution in [0.25, 0.3) is 0 Å². The van der Waals surface area contributed by atoms with Crippen molar-refractivity contribution in [3.63, 3.8) is 0 Å². The van der Waals surface area contributed by atoms with Gasteiger partial charge in [0.25, 0.3) is 0 Å². The summed E-state index contributed by atoms with van der Waals surface area (Å²) < 4.78 is 0. The summed E-state index contributed by atoms with van der Waals surface area (Å²) in [5.41, 5.74) is 0. The number of Topliss-reactive ketones (excluding diaryl/α,β-unsaturated/α-hetero) is 1. The molecule has 1 heterocycles. The molecule has 114 valence electrons. The zero-order valence-electron chi connectivity index (χ0n) is 11.9. The summed E-state index contributed by atoms with van der Waals surface area (Å²) in [4.78, 5) is 37.4. The Bertz CT molecular complexity index is 522. The van der Waals surface area contributed by atoms with Crippen LogP contribution in [-0.2, 0) is 9.59 Å². The molecule has 1 amide bonds. The van der Waals surface area contributed by atoms with Gasteiger partial charge in [-0.3, -0.25) is 14.4 Å². The van der Waals surface area contributed by atoms with E-state index in [0.717, 1.165) is 12.8 Å². The highest BCUT2D eigenvalue weighted by atomic mass is 32.1. The predicted octanol–water partition coefficient (Wildman–Crippen LogP) is 2.42. The Morgan fingerprint density at radius 3 is 2.62 bits per heavy atom. The molecular weight excluding hydrogens is 290 g/mol. The van der Waals surface area contributed by atoms with Gasteiger partial charge in [-0.1, -0.05) is 13.0 Å². The molecule has 1 aliphatic rings. The first-order chi connectivity index (χ1) is 9.99. The number of carboxylic acid groups (broad SMARTS) is 1. The van der Waals surface area contributed by atoms with Gasteiger partial charge in [0.05, 0.1) is 10.8 Å². The van der Waals surface area contributed by atoms with Gasteiger partial charge in [-0.25, -0.2) is 0 Å². The molecule has 0 radical (unpaired) electrons. The van der Waals surface area contributed by atoms with Gasteiger partial charge in [-0.15, -0.1) is 11.3 Å². The molecule has 1 fully saturated rings. The Morgan fingerprint density at radius 2 is 2.10 bits per heavy atom. The van der Waals surface area contributed by atoms with Gasteiger partial charge < -0.3 is 10.0 Å². The highest BCUT2D eigenvalue weighted by Gasteiger charge is 2.34. The van der Waals surface area contributed by atoms with Crippen molar-refractivity contribution in [3.05, 3.63) is 22.4 Å². The lowest BCUT2D eigenvalue weighted by atomic mass is 10.1. The standard InChI is InChI=1S/C15H19NO4S/c1-10(15(19)20)9-16(11-4-5-11)14(18)7-6-12(17)13-3-2-8-21-13/h2-3,8,10-11H,4-7,9H2,1H3,(H,19,20). The number of carbonyl (C=O) groups is 3. The van der Waals surface area contributed by atoms with Crippen molar-refractivity contribution in [2.75, 3.05) is 6.54 Å². The van der Waals surface area contributed by atoms with Crippen LogP contribution in [0.3, 0.4) is 0 Å². The van der Waals surface area contributed by atoms with Crippen LogP contribution in [0.4, 0.5) is 0 Å². The number of nitrogens with zero attached hydrogens (tertiary/aromatic N) is 1. The number of rotatable bonds is 8. The molecule has 2 rings (SSSR count). The average Bonchev–Trinajstić information content (AvgIpc) is 3.14. The SMILES string of the molecule is CC(CN(C(=O)CCC(=O)c1cccs1)C1CC1)C(=O)O. The molecule has 1 aliphatic carbocycles. The van der Waals surface area contributed by atoms with Crippen LogP contribution in [0.15, 0.2) is 17.5 Å². The van der Waals surface area contributed by atoms with E-state index in [9.17, 15) is 14.4 Å². The summed E-state index contributed by atoms with van der Waals surface area (Å²) in [6.45, 7) is 1.83. The Kier molecular flexibility index (Phi) is 5.12. The Hall–Kier alpha value is -1.69. The van der Waals surface area contributed by atoms with E-state index in [-0.39, 0.29) is 37.1 Å². The summed E-state index contributed by atoms with van der Waals surface area (Å²) in [7, 11) is 0. The fourth-order valence-corrected chi connectivity index (χ4v) is 2.83. The van der Waals surface area contributed by atoms with Gasteiger partial charge in [0.1, 0.15) is 0 Å². The molecular formula is C15H19NO4S. The lowest BCUT2D eigenvalue weighted by Gasteiger charge is -2.24. The maximum Gasteiger partial charge on any atom is 0.308 e. The van der Waals surface area contributed by atoms with E-state index in [2.05, 4.69) is 0 Å². The molecule has 0 aliphatic heterocycles. The molecule has 0 aromatic carbocycles. The lowest BCUT2D eigenvalue weighted by Crippen LogP contribution is -2.38. The van der Waals surface area contributed by atoms with Gasteiger partial charge in [0, 0.05) is 25.4 Å². The summed E-state index contributed by atoms with van der Waals surface area (Å²) >= 11 is 1.37. The minimum atomic E-state index is -0.900. The molecule has 1 unspecified atom stereocenters. The number of amides is 1. The molecule has 0 saturated heterocycles. The first-order valence-electron chi connectivity index (χ1n) is 7.08. The van der Waals surface area contributed by atoms with E-state index in [4.69, 9.17) is 5.11 Å². The van der Waals surface area contributed by atoms with Gasteiger partial charge in [0.2, 0.25) is 5.91 Å². The van der Waals surface area contributed by atoms with E-state index >= 15 is 0 Å². The normalized spacial score (nSPS) is 15.5. The zero-order valence-corrected chi connectivity index (χ0v) is 12.8. The van der Waals surface area contributed by atoms with Crippen LogP contribution in [0.2, 0.25) is 0 Å². The molecule has 1 aromatic rings. The number of carbonyl (C=O) groups excluding carboxylic acids is 2. The minimum absolute atomic E-state index is 0.0274. The van der Waals surface area contributed by atoms with Crippen molar-refractivity contribution in [3.8, 4) is 0 Å². The number of aliphatic carboxylic acids is 1. The third kappa shape index (κ3) is 4.39. The first-order valence-corrected chi connectivity index (χ1v) is 7.96. The highest BCUT2D eigenvalue weighted by molar-refractivity contribution is 7.12. The summed E-state index contributed by atoms with van der Waals surface area (Å²) in [6, 6.07) is 3.73. The fourth-order valence-electron chi connectivity index (χ4n) is 2.14. The topological polar surface area (TPSA) is 74.7 Å². The smallest absolute Gasteiger partial charge is 0.308 e. The second-order valence-corrected chi connectivity index (χ2v) is 6.36. The van der Waals surface area contributed by atoms with E-state index in [1.165, 1.54) is 11.3 Å². The van der Waals surface area contributed by atoms with Crippen LogP contribution >= 0.6 is 11.3 Å². The van der Waals surface area contributed by atoms with Crippen LogP contribution in [0, 0.1) is 5.92 Å². The molecule has 21 heavy (non-hydrogen) atoms. The molecule has 1 aromatic heterocycles. The number of thiophene rings is 1. The number of hydrogen-bond donors (Lipinski definition) is 1. The predicted molar refractivity (Wildman–Crippen MR) is 79.4 cm³/mol. The lowest BCUT2D eigenvalue weighted by molar-refractivity contribution is -0.143. The molecule has 0 spiro atoms. The number of ketones is 1. The van der Waals surface area contributed by atoms with Crippen LogP contribution < -0.4 is 0 Å². The molecule has 1 saturated carbocycles. The average molecular weight is 309 g/mol. The Balaban J connectivity index is 1.87. The van der Waals surface area contributed by atoms with Gasteiger partial charge in [0.15, 0.2) is 5.78 Å². The molecule has 1 N–H and O–H groups in total. The van der Waals surface area contributed by atoms with E-state index in [1.807, 2.05) is 11.4 Å². The summed E-state index contributed by atoms with van der Waals surface area (Å²) in [5.74, 6) is -1.62. The molecule has 5 nitrogen and oxygen atoms in total. The largest absolute Gasteiger partial charge is 0.481 e. The molecule has 6 heteroatoms. The maximum absolute atomic E-state index is 12.2. The number of hydrogen-bond acceptors (Lipinski definition) is 4. The molecule has 1 atom stereocenters. The van der Waals surface area contributed by atoms with Crippen molar-refractivity contribution >= 4 is 29.0 Å². The first kappa shape index (κ1) is 15.7. The van der Waals surface area contributed by atoms with Crippen LogP contribution in [-0.4, -0.2) is 40.3 Å². The van der Waals surface area contributed by atoms with E-state index in [1.54, 1.807) is 17.9 Å². The van der Waals surface area contributed by atoms with Crippen LogP contribution in [0.5, 0.6) is 0 Å². The third-order valence-corrected chi connectivity index (χ3v) is 4.47. The van der Waals surface area contributed by atoms with Crippen LogP contribution in [0.1, 0.15) is 42.3 Å². The second-order valence-electron chi connectivity index (χ2n) is 5.42. The molecule has 0 bridgehead atoms. The van der Waals surface area contributed by atoms with E-state index < -0.39 is 11.9 Å².